The summed E-state index contributed by atoms with van der Waals surface area (Å²) in [7, 11) is 0. The maximum Gasteiger partial charge on any atom is 0.288 e. The minimum absolute atomic E-state index is 0.535. The van der Waals surface area contributed by atoms with E-state index < -0.39 is 5.76 Å². The summed E-state index contributed by atoms with van der Waals surface area (Å²) in [5.74, 6) is -2.40. The summed E-state index contributed by atoms with van der Waals surface area (Å²) < 4.78 is 24.4. The van der Waals surface area contributed by atoms with Gasteiger partial charge in [-0.3, -0.25) is 0 Å². The van der Waals surface area contributed by atoms with E-state index in [0.29, 0.717) is 28.6 Å². The van der Waals surface area contributed by atoms with E-state index in [1.54, 1.807) is 18.2 Å². The molecule has 0 saturated heterocycles. The highest BCUT2D eigenvalue weighted by Gasteiger charge is 2.06. The van der Waals surface area contributed by atoms with Gasteiger partial charge in [0.05, 0.1) is 11.6 Å². The molecule has 0 atom stereocenters. The second-order valence-corrected chi connectivity index (χ2v) is 5.03. The van der Waals surface area contributed by atoms with Crippen LogP contribution in [-0.4, -0.2) is 5.76 Å². The Morgan fingerprint density at radius 3 is 2.37 bits per heavy atom. The molecule has 0 aliphatic heterocycles. The van der Waals surface area contributed by atoms with E-state index in [9.17, 15) is 8.78 Å². The van der Waals surface area contributed by atoms with Gasteiger partial charge in [0, 0.05) is 4.90 Å². The Bertz CT molecular complexity index is 588. The van der Waals surface area contributed by atoms with Gasteiger partial charge in [-0.1, -0.05) is 42.1 Å². The first-order valence-corrected chi connectivity index (χ1v) is 6.59. The molecule has 0 heterocycles. The van der Waals surface area contributed by atoms with Gasteiger partial charge in [-0.15, -0.1) is 0 Å². The lowest BCUT2D eigenvalue weighted by atomic mass is 10.0. The normalized spacial score (nSPS) is 10.4. The van der Waals surface area contributed by atoms with E-state index >= 15 is 0 Å². The molecule has 96 valence electrons. The molecule has 19 heavy (non-hydrogen) atoms. The zero-order chi connectivity index (χ0) is 13.7. The summed E-state index contributed by atoms with van der Waals surface area (Å²) in [5, 5.41) is 9.00. The van der Waals surface area contributed by atoms with Gasteiger partial charge < -0.3 is 0 Å². The second-order valence-electron chi connectivity index (χ2n) is 3.97. The van der Waals surface area contributed by atoms with Gasteiger partial charge in [0.2, 0.25) is 0 Å². The zero-order valence-corrected chi connectivity index (χ0v) is 10.8. The van der Waals surface area contributed by atoms with Crippen LogP contribution in [0, 0.1) is 11.3 Å². The van der Waals surface area contributed by atoms with Crippen molar-refractivity contribution in [2.75, 3.05) is 0 Å². The van der Waals surface area contributed by atoms with E-state index in [-0.39, 0.29) is 0 Å². The van der Waals surface area contributed by atoms with Crippen LogP contribution in [0.25, 0.3) is 0 Å². The Morgan fingerprint density at radius 1 is 1.05 bits per heavy atom. The van der Waals surface area contributed by atoms with Crippen LogP contribution in [0.5, 0.6) is 0 Å². The molecule has 0 saturated carbocycles. The molecule has 4 heteroatoms. The lowest BCUT2D eigenvalue weighted by molar-refractivity contribution is 0.252. The number of hydrogen-bond acceptors (Lipinski definition) is 2. The fraction of sp³-hybridized carbons (Fsp3) is 0.133. The Hall–Kier alpha value is -1.86. The second kappa shape index (κ2) is 6.35. The van der Waals surface area contributed by atoms with Crippen molar-refractivity contribution >= 4 is 11.8 Å². The maximum atomic E-state index is 12.2. The van der Waals surface area contributed by atoms with E-state index in [2.05, 4.69) is 6.07 Å². The molecule has 0 unspecified atom stereocenters. The third-order valence-electron chi connectivity index (χ3n) is 2.68. The minimum Gasteiger partial charge on any atom is -0.198 e. The summed E-state index contributed by atoms with van der Waals surface area (Å²) in [5.41, 5.74) is 2.59. The Kier molecular flexibility index (Phi) is 4.53. The van der Waals surface area contributed by atoms with Gasteiger partial charge in [-0.05, 0) is 35.7 Å². The van der Waals surface area contributed by atoms with Crippen LogP contribution in [0.2, 0.25) is 0 Å². The van der Waals surface area contributed by atoms with Crippen LogP contribution in [0.1, 0.15) is 16.7 Å². The Morgan fingerprint density at radius 2 is 1.74 bits per heavy atom. The van der Waals surface area contributed by atoms with Crippen LogP contribution in [-0.2, 0) is 6.42 Å². The van der Waals surface area contributed by atoms with Crippen LogP contribution >= 0.6 is 11.8 Å². The van der Waals surface area contributed by atoms with E-state index in [0.717, 1.165) is 11.1 Å². The molecule has 2 aromatic rings. The predicted molar refractivity (Wildman–Crippen MR) is 72.3 cm³/mol. The van der Waals surface area contributed by atoms with Gasteiger partial charge in [0.15, 0.2) is 0 Å². The topological polar surface area (TPSA) is 23.8 Å². The highest BCUT2D eigenvalue weighted by Crippen LogP contribution is 2.25. The maximum absolute atomic E-state index is 12.2. The Labute approximate surface area is 114 Å². The molecule has 0 N–H and O–H groups in total. The summed E-state index contributed by atoms with van der Waals surface area (Å²) in [6.45, 7) is 0. The number of alkyl halides is 2. The minimum atomic E-state index is -2.40. The summed E-state index contributed by atoms with van der Waals surface area (Å²) in [4.78, 5) is 0.548. The van der Waals surface area contributed by atoms with Crippen molar-refractivity contribution in [3.63, 3.8) is 0 Å². The van der Waals surface area contributed by atoms with Gasteiger partial charge >= 0.3 is 0 Å². The molecule has 1 nitrogen and oxygen atoms in total. The number of rotatable bonds is 4. The highest BCUT2D eigenvalue weighted by molar-refractivity contribution is 7.99. The fourth-order valence-electron chi connectivity index (χ4n) is 1.79. The van der Waals surface area contributed by atoms with Gasteiger partial charge in [-0.25, -0.2) is 0 Å². The predicted octanol–water partition coefficient (Wildman–Crippen LogP) is 4.46. The van der Waals surface area contributed by atoms with Gasteiger partial charge in [0.1, 0.15) is 0 Å². The van der Waals surface area contributed by atoms with Gasteiger partial charge in [0.25, 0.3) is 5.76 Å². The summed E-state index contributed by atoms with van der Waals surface area (Å²) in [6.07, 6.45) is 0.628. The largest absolute Gasteiger partial charge is 0.288 e. The Balaban J connectivity index is 2.13. The third kappa shape index (κ3) is 3.80. The average Bonchev–Trinajstić information content (AvgIpc) is 2.41. The first-order chi connectivity index (χ1) is 9.19. The number of halogens is 2. The van der Waals surface area contributed by atoms with E-state index in [1.165, 1.54) is 0 Å². The smallest absolute Gasteiger partial charge is 0.198 e. The van der Waals surface area contributed by atoms with Crippen molar-refractivity contribution < 1.29 is 8.78 Å². The van der Waals surface area contributed by atoms with Crippen molar-refractivity contribution in [2.24, 2.45) is 0 Å². The zero-order valence-electron chi connectivity index (χ0n) is 10.0. The highest BCUT2D eigenvalue weighted by atomic mass is 32.2. The number of thioether (sulfide) groups is 1. The molecule has 0 aliphatic carbocycles. The lowest BCUT2D eigenvalue weighted by Crippen LogP contribution is -1.92. The summed E-state index contributed by atoms with van der Waals surface area (Å²) >= 11 is 0.535. The number of hydrogen-bond donors (Lipinski definition) is 0. The lowest BCUT2D eigenvalue weighted by Gasteiger charge is -2.05. The standard InChI is InChI=1S/C15H11F2NS/c16-15(17)19-14-7-5-11(6-8-14)9-12-3-1-2-4-13(12)10-18/h1-8,15H,9H2. The van der Waals surface area contributed by atoms with Crippen LogP contribution < -0.4 is 0 Å². The average molecular weight is 275 g/mol. The van der Waals surface area contributed by atoms with E-state index in [1.807, 2.05) is 30.3 Å². The van der Waals surface area contributed by atoms with E-state index in [4.69, 9.17) is 5.26 Å². The molecule has 0 fully saturated rings. The molecular weight excluding hydrogens is 264 g/mol. The number of benzene rings is 2. The van der Waals surface area contributed by atoms with Gasteiger partial charge in [-0.2, -0.15) is 14.0 Å². The molecule has 0 radical (unpaired) electrons. The molecule has 0 amide bonds. The number of nitriles is 1. The molecule has 0 spiro atoms. The molecule has 0 bridgehead atoms. The molecule has 2 rings (SSSR count). The van der Waals surface area contributed by atoms with Crippen molar-refractivity contribution in [2.45, 2.75) is 17.1 Å². The SMILES string of the molecule is N#Cc1ccccc1Cc1ccc(SC(F)F)cc1. The van der Waals surface area contributed by atoms with Crippen molar-refractivity contribution in [1.82, 2.24) is 0 Å². The van der Waals surface area contributed by atoms with Crippen LogP contribution in [0.15, 0.2) is 53.4 Å². The molecule has 2 aromatic carbocycles. The quantitative estimate of drug-likeness (QED) is 0.769. The molecular formula is C15H11F2NS. The number of nitrogens with zero attached hydrogens (tertiary/aromatic N) is 1. The van der Waals surface area contributed by atoms with Crippen molar-refractivity contribution in [3.8, 4) is 6.07 Å². The van der Waals surface area contributed by atoms with Crippen molar-refractivity contribution in [1.29, 1.82) is 5.26 Å². The summed E-state index contributed by atoms with van der Waals surface area (Å²) in [6, 6.07) is 16.5. The monoisotopic (exact) mass is 275 g/mol. The van der Waals surface area contributed by atoms with Crippen LogP contribution in [0.4, 0.5) is 8.78 Å². The first-order valence-electron chi connectivity index (χ1n) is 5.71. The third-order valence-corrected chi connectivity index (χ3v) is 3.40. The molecule has 0 aromatic heterocycles. The van der Waals surface area contributed by atoms with Crippen LogP contribution in [0.3, 0.4) is 0 Å². The fourth-order valence-corrected chi connectivity index (χ4v) is 2.29. The first kappa shape index (κ1) is 13.6. The molecule has 0 aliphatic rings. The van der Waals surface area contributed by atoms with Crippen molar-refractivity contribution in [3.05, 3.63) is 65.2 Å².